The molecule has 3 heteroatoms. The van der Waals surface area contributed by atoms with Crippen LogP contribution >= 0.6 is 11.6 Å². The first kappa shape index (κ1) is 12.0. The summed E-state index contributed by atoms with van der Waals surface area (Å²) in [5, 5.41) is 10.7. The normalized spacial score (nSPS) is 43.1. The Kier molecular flexibility index (Phi) is 2.33. The SMILES string of the molecule is CC12CCCCC3C(c4c(Cl)cc(O)cc41)C3C2N. The Bertz CT molecular complexity index is 558. The van der Waals surface area contributed by atoms with Gasteiger partial charge in [-0.25, -0.2) is 0 Å². The minimum Gasteiger partial charge on any atom is -0.508 e. The number of phenols is 1. The van der Waals surface area contributed by atoms with Gasteiger partial charge < -0.3 is 10.8 Å². The highest BCUT2D eigenvalue weighted by atomic mass is 35.5. The lowest BCUT2D eigenvalue weighted by molar-refractivity contribution is 0.271. The van der Waals surface area contributed by atoms with Crippen molar-refractivity contribution < 1.29 is 5.11 Å². The van der Waals surface area contributed by atoms with Crippen LogP contribution in [0.5, 0.6) is 5.75 Å². The molecule has 2 saturated carbocycles. The number of hydrogen-bond acceptors (Lipinski definition) is 2. The standard InChI is InChI=1S/C16H20ClNO/c1-16-5-3-2-4-9-12(13(9)15(16)18)14-10(16)6-8(19)7-11(14)17/h6-7,9,12-13,15,19H,2-5,18H2,1H3. The lowest BCUT2D eigenvalue weighted by atomic mass is 9.65. The molecule has 0 radical (unpaired) electrons. The first-order valence-corrected chi connectivity index (χ1v) is 7.70. The van der Waals surface area contributed by atoms with E-state index in [0.29, 0.717) is 11.8 Å². The smallest absolute Gasteiger partial charge is 0.117 e. The second-order valence-corrected chi connectivity index (χ2v) is 7.25. The number of aromatic hydroxyl groups is 1. The van der Waals surface area contributed by atoms with Crippen molar-refractivity contribution in [1.82, 2.24) is 0 Å². The molecule has 3 aliphatic carbocycles. The van der Waals surface area contributed by atoms with E-state index in [1.54, 1.807) is 6.07 Å². The van der Waals surface area contributed by atoms with Crippen molar-refractivity contribution in [2.75, 3.05) is 0 Å². The number of benzene rings is 1. The summed E-state index contributed by atoms with van der Waals surface area (Å²) in [5.74, 6) is 2.15. The van der Waals surface area contributed by atoms with Gasteiger partial charge in [-0.2, -0.15) is 0 Å². The number of halogens is 1. The minimum absolute atomic E-state index is 0.0198. The van der Waals surface area contributed by atoms with E-state index in [0.717, 1.165) is 17.4 Å². The second kappa shape index (κ2) is 3.67. The first-order valence-electron chi connectivity index (χ1n) is 7.32. The molecule has 2 fully saturated rings. The Hall–Kier alpha value is -0.730. The molecule has 5 unspecified atom stereocenters. The van der Waals surface area contributed by atoms with Crippen LogP contribution in [0.2, 0.25) is 5.02 Å². The van der Waals surface area contributed by atoms with E-state index in [-0.39, 0.29) is 17.2 Å². The van der Waals surface area contributed by atoms with Gasteiger partial charge in [-0.1, -0.05) is 31.4 Å². The van der Waals surface area contributed by atoms with Crippen LogP contribution < -0.4 is 5.73 Å². The molecule has 2 bridgehead atoms. The van der Waals surface area contributed by atoms with E-state index in [1.807, 2.05) is 6.07 Å². The van der Waals surface area contributed by atoms with Gasteiger partial charge in [-0.3, -0.25) is 0 Å². The fraction of sp³-hybridized carbons (Fsp3) is 0.625. The van der Waals surface area contributed by atoms with Crippen LogP contribution in [0, 0.1) is 11.8 Å². The first-order chi connectivity index (χ1) is 9.04. The second-order valence-electron chi connectivity index (χ2n) is 6.84. The molecule has 102 valence electrons. The Labute approximate surface area is 119 Å². The maximum Gasteiger partial charge on any atom is 0.117 e. The maximum absolute atomic E-state index is 9.91. The Morgan fingerprint density at radius 3 is 2.95 bits per heavy atom. The molecule has 1 aromatic rings. The van der Waals surface area contributed by atoms with E-state index in [2.05, 4.69) is 6.92 Å². The van der Waals surface area contributed by atoms with E-state index in [9.17, 15) is 5.11 Å². The zero-order chi connectivity index (χ0) is 13.4. The molecule has 0 aliphatic heterocycles. The summed E-state index contributed by atoms with van der Waals surface area (Å²) in [6.45, 7) is 2.27. The third-order valence-electron chi connectivity index (χ3n) is 5.93. The predicted octanol–water partition coefficient (Wildman–Crippen LogP) is 3.55. The summed E-state index contributed by atoms with van der Waals surface area (Å²) in [6.07, 6.45) is 4.93. The van der Waals surface area contributed by atoms with Crippen molar-refractivity contribution in [3.8, 4) is 5.75 Å². The fourth-order valence-electron chi connectivity index (χ4n) is 4.86. The maximum atomic E-state index is 9.91. The number of rotatable bonds is 0. The molecular weight excluding hydrogens is 258 g/mol. The van der Waals surface area contributed by atoms with Gasteiger partial charge in [0.25, 0.3) is 0 Å². The largest absolute Gasteiger partial charge is 0.508 e. The molecule has 3 aliphatic rings. The molecule has 0 saturated heterocycles. The average molecular weight is 278 g/mol. The van der Waals surface area contributed by atoms with E-state index in [4.69, 9.17) is 17.3 Å². The highest BCUT2D eigenvalue weighted by Crippen LogP contribution is 2.68. The topological polar surface area (TPSA) is 46.2 Å². The monoisotopic (exact) mass is 277 g/mol. The van der Waals surface area contributed by atoms with Crippen LogP contribution in [0.15, 0.2) is 12.1 Å². The average Bonchev–Trinajstić information content (AvgIpc) is 3.03. The van der Waals surface area contributed by atoms with E-state index in [1.165, 1.54) is 30.4 Å². The molecule has 3 N–H and O–H groups in total. The van der Waals surface area contributed by atoms with Crippen molar-refractivity contribution >= 4 is 11.6 Å². The highest BCUT2D eigenvalue weighted by Gasteiger charge is 2.63. The summed E-state index contributed by atoms with van der Waals surface area (Å²) in [6, 6.07) is 3.83. The molecule has 0 aromatic heterocycles. The lowest BCUT2D eigenvalue weighted by Crippen LogP contribution is -2.48. The van der Waals surface area contributed by atoms with Crippen LogP contribution in [0.1, 0.15) is 49.7 Å². The van der Waals surface area contributed by atoms with Gasteiger partial charge in [0.1, 0.15) is 5.75 Å². The summed E-state index contributed by atoms with van der Waals surface area (Å²) in [7, 11) is 0. The molecule has 19 heavy (non-hydrogen) atoms. The molecule has 2 nitrogen and oxygen atoms in total. The van der Waals surface area contributed by atoms with Gasteiger partial charge in [-0.05, 0) is 53.9 Å². The molecule has 4 rings (SSSR count). The van der Waals surface area contributed by atoms with Gasteiger partial charge in [0.15, 0.2) is 0 Å². The number of nitrogens with two attached hydrogens (primary N) is 1. The van der Waals surface area contributed by atoms with Crippen LogP contribution in [-0.2, 0) is 5.41 Å². The summed E-state index contributed by atoms with van der Waals surface area (Å²) in [4.78, 5) is 0. The van der Waals surface area contributed by atoms with Crippen LogP contribution in [0.25, 0.3) is 0 Å². The highest BCUT2D eigenvalue weighted by molar-refractivity contribution is 6.31. The molecular formula is C16H20ClNO. The van der Waals surface area contributed by atoms with Crippen molar-refractivity contribution in [2.45, 2.75) is 50.0 Å². The predicted molar refractivity (Wildman–Crippen MR) is 76.6 cm³/mol. The summed E-state index contributed by atoms with van der Waals surface area (Å²) < 4.78 is 0. The van der Waals surface area contributed by atoms with E-state index < -0.39 is 0 Å². The fourth-order valence-corrected chi connectivity index (χ4v) is 5.20. The van der Waals surface area contributed by atoms with Gasteiger partial charge in [0.2, 0.25) is 0 Å². The summed E-state index contributed by atoms with van der Waals surface area (Å²) in [5.41, 5.74) is 9.09. The summed E-state index contributed by atoms with van der Waals surface area (Å²) >= 11 is 6.44. The molecule has 0 spiro atoms. The van der Waals surface area contributed by atoms with Gasteiger partial charge >= 0.3 is 0 Å². The van der Waals surface area contributed by atoms with E-state index >= 15 is 0 Å². The van der Waals surface area contributed by atoms with Crippen molar-refractivity contribution in [2.24, 2.45) is 17.6 Å². The third-order valence-corrected chi connectivity index (χ3v) is 6.24. The van der Waals surface area contributed by atoms with Gasteiger partial charge in [0.05, 0.1) is 0 Å². The van der Waals surface area contributed by atoms with Crippen LogP contribution in [0.4, 0.5) is 0 Å². The number of phenolic OH excluding ortho intramolecular Hbond substituents is 1. The lowest BCUT2D eigenvalue weighted by Gasteiger charge is -2.42. The number of hydrogen-bond donors (Lipinski definition) is 2. The Morgan fingerprint density at radius 1 is 1.37 bits per heavy atom. The number of fused-ring (bicyclic) bond motifs is 5. The van der Waals surface area contributed by atoms with Crippen LogP contribution in [0.3, 0.4) is 0 Å². The zero-order valence-electron chi connectivity index (χ0n) is 11.2. The molecule has 0 heterocycles. The van der Waals surface area contributed by atoms with Crippen molar-refractivity contribution in [3.05, 3.63) is 28.3 Å². The molecule has 1 aromatic carbocycles. The third kappa shape index (κ3) is 1.42. The van der Waals surface area contributed by atoms with Crippen LogP contribution in [-0.4, -0.2) is 11.1 Å². The van der Waals surface area contributed by atoms with Crippen molar-refractivity contribution in [3.63, 3.8) is 0 Å². The van der Waals surface area contributed by atoms with Gasteiger partial charge in [-0.15, -0.1) is 0 Å². The van der Waals surface area contributed by atoms with Gasteiger partial charge in [0, 0.05) is 16.5 Å². The zero-order valence-corrected chi connectivity index (χ0v) is 12.0. The molecule has 0 amide bonds. The van der Waals surface area contributed by atoms with Crippen molar-refractivity contribution in [1.29, 1.82) is 0 Å². The quantitative estimate of drug-likeness (QED) is 0.762. The Morgan fingerprint density at radius 2 is 2.16 bits per heavy atom. The minimum atomic E-state index is -0.0198. The Balaban J connectivity index is 1.99. The molecule has 5 atom stereocenters.